The predicted octanol–water partition coefficient (Wildman–Crippen LogP) is 12.9. The summed E-state index contributed by atoms with van der Waals surface area (Å²) in [5, 5.41) is 5.16. The number of rotatable bonds is 4. The summed E-state index contributed by atoms with van der Waals surface area (Å²) in [6.45, 7) is 4.71. The van der Waals surface area contributed by atoms with Gasteiger partial charge < -0.3 is 9.47 Å². The quantitative estimate of drug-likeness (QED) is 0.187. The zero-order valence-electron chi connectivity index (χ0n) is 26.8. The van der Waals surface area contributed by atoms with Crippen molar-refractivity contribution >= 4 is 70.4 Å². The predicted molar refractivity (Wildman–Crippen MR) is 206 cm³/mol. The molecule has 0 aliphatic heterocycles. The van der Waals surface area contributed by atoms with Crippen molar-refractivity contribution in [2.45, 2.75) is 19.3 Å². The smallest absolute Gasteiger partial charge is 0.0640 e. The molecule has 228 valence electrons. The minimum absolute atomic E-state index is 0.0665. The average molecular weight is 633 g/mol. The lowest BCUT2D eigenvalue weighted by molar-refractivity contribution is 0.660. The van der Waals surface area contributed by atoms with Crippen LogP contribution in [0.4, 0.5) is 17.1 Å². The summed E-state index contributed by atoms with van der Waals surface area (Å²) in [4.78, 5) is 2.41. The van der Waals surface area contributed by atoms with E-state index < -0.39 is 0 Å². The lowest BCUT2D eigenvalue weighted by atomic mass is 9.82. The summed E-state index contributed by atoms with van der Waals surface area (Å²) in [6.07, 6.45) is 0. The Bertz CT molecular complexity index is 2660. The van der Waals surface area contributed by atoms with Crippen LogP contribution in [0, 0.1) is 0 Å². The first-order chi connectivity index (χ1) is 23.6. The van der Waals surface area contributed by atoms with Crippen LogP contribution < -0.4 is 4.90 Å². The van der Waals surface area contributed by atoms with Gasteiger partial charge in [-0.3, -0.25) is 0 Å². The minimum atomic E-state index is -0.0665. The third-order valence-corrected chi connectivity index (χ3v) is 11.6. The molecule has 2 heterocycles. The van der Waals surface area contributed by atoms with Crippen LogP contribution in [0.25, 0.3) is 58.8 Å². The summed E-state index contributed by atoms with van der Waals surface area (Å²) in [5.74, 6) is 0. The first kappa shape index (κ1) is 27.5. The van der Waals surface area contributed by atoms with E-state index in [0.717, 1.165) is 11.4 Å². The van der Waals surface area contributed by atoms with Gasteiger partial charge in [0.1, 0.15) is 0 Å². The van der Waals surface area contributed by atoms with E-state index in [1.807, 2.05) is 11.3 Å². The first-order valence-corrected chi connectivity index (χ1v) is 17.4. The number of hydrogen-bond acceptors (Lipinski definition) is 2. The van der Waals surface area contributed by atoms with Crippen LogP contribution in [0.15, 0.2) is 158 Å². The molecule has 48 heavy (non-hydrogen) atoms. The maximum Gasteiger partial charge on any atom is 0.0640 e. The Hall–Kier alpha value is -5.64. The Morgan fingerprint density at radius 3 is 1.90 bits per heavy atom. The molecule has 0 bridgehead atoms. The van der Waals surface area contributed by atoms with Gasteiger partial charge in [-0.1, -0.05) is 117 Å². The molecule has 9 aromatic rings. The Balaban J connectivity index is 1.17. The number of fused-ring (bicyclic) bond motifs is 9. The molecule has 0 N–H and O–H groups in total. The number of benzene rings is 7. The molecule has 10 rings (SSSR count). The topological polar surface area (TPSA) is 8.17 Å². The fourth-order valence-corrected chi connectivity index (χ4v) is 9.36. The van der Waals surface area contributed by atoms with E-state index in [0.29, 0.717) is 0 Å². The van der Waals surface area contributed by atoms with Crippen molar-refractivity contribution < 1.29 is 0 Å². The van der Waals surface area contributed by atoms with Gasteiger partial charge >= 0.3 is 0 Å². The summed E-state index contributed by atoms with van der Waals surface area (Å²) >= 11 is 1.89. The van der Waals surface area contributed by atoms with E-state index in [1.54, 1.807) is 0 Å². The summed E-state index contributed by atoms with van der Waals surface area (Å²) < 4.78 is 5.04. The average Bonchev–Trinajstić information content (AvgIpc) is 3.75. The van der Waals surface area contributed by atoms with Crippen molar-refractivity contribution in [3.05, 3.63) is 169 Å². The first-order valence-electron chi connectivity index (χ1n) is 16.6. The van der Waals surface area contributed by atoms with Crippen molar-refractivity contribution in [2.75, 3.05) is 4.90 Å². The van der Waals surface area contributed by atoms with Gasteiger partial charge in [-0.05, 0) is 76.9 Å². The number of aromatic nitrogens is 1. The molecule has 0 fully saturated rings. The molecule has 0 unspecified atom stereocenters. The van der Waals surface area contributed by atoms with E-state index in [-0.39, 0.29) is 5.41 Å². The van der Waals surface area contributed by atoms with Gasteiger partial charge in [0.15, 0.2) is 0 Å². The Morgan fingerprint density at radius 1 is 0.479 bits per heavy atom. The highest BCUT2D eigenvalue weighted by Crippen LogP contribution is 2.51. The lowest BCUT2D eigenvalue weighted by Crippen LogP contribution is -2.16. The molecule has 0 atom stereocenters. The number of para-hydroxylation sites is 3. The fourth-order valence-electron chi connectivity index (χ4n) is 8.12. The molecule has 2 aromatic heterocycles. The van der Waals surface area contributed by atoms with Crippen molar-refractivity contribution in [1.29, 1.82) is 0 Å². The van der Waals surface area contributed by atoms with Gasteiger partial charge in [-0.25, -0.2) is 0 Å². The molecule has 0 saturated carbocycles. The van der Waals surface area contributed by atoms with E-state index >= 15 is 0 Å². The third-order valence-electron chi connectivity index (χ3n) is 10.4. The summed E-state index contributed by atoms with van der Waals surface area (Å²) in [6, 6.07) is 58.0. The molecular formula is C45H32N2S. The second kappa shape index (κ2) is 10.2. The van der Waals surface area contributed by atoms with Crippen LogP contribution in [-0.2, 0) is 5.41 Å². The Kier molecular flexibility index (Phi) is 5.82. The van der Waals surface area contributed by atoms with E-state index in [9.17, 15) is 0 Å². The van der Waals surface area contributed by atoms with Crippen LogP contribution in [-0.4, -0.2) is 4.57 Å². The molecule has 0 amide bonds. The second-order valence-electron chi connectivity index (χ2n) is 13.4. The maximum absolute atomic E-state index is 2.45. The monoisotopic (exact) mass is 632 g/mol. The maximum atomic E-state index is 2.45. The van der Waals surface area contributed by atoms with Crippen LogP contribution in [0.3, 0.4) is 0 Å². The normalized spacial score (nSPS) is 13.4. The highest BCUT2D eigenvalue weighted by atomic mass is 32.1. The van der Waals surface area contributed by atoms with Crippen LogP contribution in [0.1, 0.15) is 25.0 Å². The SMILES string of the molecule is CC1(C)c2ccccc2-c2ccc(N(c3ccccc3)c3ccc4c(c3)sc3c(-n5c6ccccc6c6ccccc65)cccc34)cc21. The highest BCUT2D eigenvalue weighted by Gasteiger charge is 2.35. The van der Waals surface area contributed by atoms with Gasteiger partial charge in [0, 0.05) is 48.7 Å². The third kappa shape index (κ3) is 3.85. The summed E-state index contributed by atoms with van der Waals surface area (Å²) in [7, 11) is 0. The Labute approximate surface area is 283 Å². The summed E-state index contributed by atoms with van der Waals surface area (Å²) in [5.41, 5.74) is 12.6. The Morgan fingerprint density at radius 2 is 1.10 bits per heavy atom. The minimum Gasteiger partial charge on any atom is -0.310 e. The molecular weight excluding hydrogens is 601 g/mol. The second-order valence-corrected chi connectivity index (χ2v) is 14.4. The molecule has 1 aliphatic rings. The molecule has 3 heteroatoms. The van der Waals surface area contributed by atoms with Crippen LogP contribution in [0.2, 0.25) is 0 Å². The number of anilines is 3. The molecule has 7 aromatic carbocycles. The molecule has 1 aliphatic carbocycles. The number of nitrogens with zero attached hydrogens (tertiary/aromatic N) is 2. The van der Waals surface area contributed by atoms with Gasteiger partial charge in [-0.15, -0.1) is 11.3 Å². The van der Waals surface area contributed by atoms with E-state index in [4.69, 9.17) is 0 Å². The molecule has 0 radical (unpaired) electrons. The zero-order chi connectivity index (χ0) is 32.0. The molecule has 0 spiro atoms. The standard InChI is InChI=1S/C45H32N2S/c1-45(2)38-19-9-6-15-32(38)33-25-23-30(27-39(33)45)46(29-13-4-3-5-14-29)31-24-26-36-37-18-12-22-42(44(37)48-43(36)28-31)47-40-20-10-7-16-34(40)35-17-8-11-21-41(35)47/h3-28H,1-2H3. The van der Waals surface area contributed by atoms with Crippen LogP contribution in [0.5, 0.6) is 0 Å². The van der Waals surface area contributed by atoms with E-state index in [2.05, 4.69) is 181 Å². The molecule has 0 saturated heterocycles. The van der Waals surface area contributed by atoms with Gasteiger partial charge in [0.25, 0.3) is 0 Å². The van der Waals surface area contributed by atoms with E-state index in [1.165, 1.54) is 75.6 Å². The zero-order valence-corrected chi connectivity index (χ0v) is 27.6. The number of thiophene rings is 1. The van der Waals surface area contributed by atoms with Gasteiger partial charge in [0.2, 0.25) is 0 Å². The lowest BCUT2D eigenvalue weighted by Gasteiger charge is -2.28. The van der Waals surface area contributed by atoms with Crippen molar-refractivity contribution in [3.8, 4) is 16.8 Å². The fraction of sp³-hybridized carbons (Fsp3) is 0.0667. The van der Waals surface area contributed by atoms with Crippen molar-refractivity contribution in [1.82, 2.24) is 4.57 Å². The largest absolute Gasteiger partial charge is 0.310 e. The molecule has 2 nitrogen and oxygen atoms in total. The number of hydrogen-bond donors (Lipinski definition) is 0. The van der Waals surface area contributed by atoms with Crippen LogP contribution >= 0.6 is 11.3 Å². The van der Waals surface area contributed by atoms with Crippen molar-refractivity contribution in [2.24, 2.45) is 0 Å². The van der Waals surface area contributed by atoms with Crippen molar-refractivity contribution in [3.63, 3.8) is 0 Å². The highest BCUT2D eigenvalue weighted by molar-refractivity contribution is 7.26. The van der Waals surface area contributed by atoms with Gasteiger partial charge in [-0.2, -0.15) is 0 Å². The van der Waals surface area contributed by atoms with Gasteiger partial charge in [0.05, 0.1) is 21.4 Å².